The molecule has 3 aromatic heterocycles. The van der Waals surface area contributed by atoms with Crippen LogP contribution in [0.1, 0.15) is 51.4 Å². The van der Waals surface area contributed by atoms with Gasteiger partial charge >= 0.3 is 6.03 Å². The Morgan fingerprint density at radius 3 is 2.61 bits per heavy atom. The molecule has 3 N–H and O–H groups in total. The van der Waals surface area contributed by atoms with Gasteiger partial charge in [-0.15, -0.1) is 0 Å². The highest BCUT2D eigenvalue weighted by molar-refractivity contribution is 5.96. The highest BCUT2D eigenvalue weighted by Gasteiger charge is 2.51. The lowest BCUT2D eigenvalue weighted by Crippen LogP contribution is -2.61. The molecule has 38 heavy (non-hydrogen) atoms. The summed E-state index contributed by atoms with van der Waals surface area (Å²) in [6, 6.07) is 1.69. The lowest BCUT2D eigenvalue weighted by Gasteiger charge is -2.43. The van der Waals surface area contributed by atoms with Gasteiger partial charge in [0.25, 0.3) is 0 Å². The fraction of sp³-hybridized carbons (Fsp3) is 0.615. The van der Waals surface area contributed by atoms with Crippen molar-refractivity contribution in [2.24, 2.45) is 0 Å². The van der Waals surface area contributed by atoms with E-state index in [4.69, 9.17) is 0 Å². The third-order valence-corrected chi connectivity index (χ3v) is 8.89. The summed E-state index contributed by atoms with van der Waals surface area (Å²) in [5.74, 6) is 0.529. The standard InChI is InChI=1S/C26H32F2N8O2/c27-24(4-3-5-24)15-36-20-10-18(29-11-17(20)22(33-36)34-13-25(28,14-34)16-37)21-19(12-30-32-21)31-23(38)35-9-2-1-6-26(35)7-8-26/h10-12,37H,1-9,13-16H2,(H,30,32)(H,31,38). The number of urea groups is 1. The molecule has 0 aromatic carbocycles. The Balaban J connectivity index is 1.20. The fourth-order valence-electron chi connectivity index (χ4n) is 6.25. The van der Waals surface area contributed by atoms with E-state index in [0.29, 0.717) is 46.6 Å². The Morgan fingerprint density at radius 2 is 1.89 bits per heavy atom. The van der Waals surface area contributed by atoms with Gasteiger partial charge in [-0.3, -0.25) is 14.8 Å². The van der Waals surface area contributed by atoms with Crippen LogP contribution in [0.3, 0.4) is 0 Å². The van der Waals surface area contributed by atoms with Gasteiger partial charge in [0.15, 0.2) is 11.5 Å². The van der Waals surface area contributed by atoms with E-state index in [1.54, 1.807) is 22.0 Å². The van der Waals surface area contributed by atoms with Gasteiger partial charge in [0, 0.05) is 18.3 Å². The molecule has 10 nitrogen and oxygen atoms in total. The molecule has 0 unspecified atom stereocenters. The summed E-state index contributed by atoms with van der Waals surface area (Å²) in [6.45, 7) is 0.346. The number of rotatable bonds is 6. The average molecular weight is 527 g/mol. The average Bonchev–Trinajstić information content (AvgIpc) is 3.33. The van der Waals surface area contributed by atoms with E-state index in [1.165, 1.54) is 0 Å². The van der Waals surface area contributed by atoms with Crippen molar-refractivity contribution in [3.63, 3.8) is 0 Å². The smallest absolute Gasteiger partial charge is 0.322 e. The number of halogens is 2. The molecule has 0 radical (unpaired) electrons. The first-order valence-corrected chi connectivity index (χ1v) is 13.5. The Morgan fingerprint density at radius 1 is 1.08 bits per heavy atom. The number of fused-ring (bicyclic) bond motifs is 1. The molecule has 12 heteroatoms. The fourth-order valence-corrected chi connectivity index (χ4v) is 6.25. The molecule has 0 atom stereocenters. The number of likely N-dealkylation sites (tertiary alicyclic amines) is 1. The van der Waals surface area contributed by atoms with Crippen LogP contribution in [0.4, 0.5) is 25.1 Å². The minimum atomic E-state index is -1.66. The number of aromatic amines is 1. The minimum absolute atomic E-state index is 0.0141. The number of carbonyl (C=O) groups is 1. The predicted octanol–water partition coefficient (Wildman–Crippen LogP) is 3.78. The second-order valence-corrected chi connectivity index (χ2v) is 11.7. The van der Waals surface area contributed by atoms with Crippen molar-refractivity contribution in [1.82, 2.24) is 29.9 Å². The van der Waals surface area contributed by atoms with E-state index < -0.39 is 17.9 Å². The number of anilines is 2. The number of hydrogen-bond acceptors (Lipinski definition) is 6. The summed E-state index contributed by atoms with van der Waals surface area (Å²) in [5.41, 5.74) is -0.656. The first-order valence-electron chi connectivity index (χ1n) is 13.5. The summed E-state index contributed by atoms with van der Waals surface area (Å²) < 4.78 is 31.3. The maximum absolute atomic E-state index is 15.2. The van der Waals surface area contributed by atoms with Gasteiger partial charge in [0.2, 0.25) is 0 Å². The molecule has 2 saturated heterocycles. The summed E-state index contributed by atoms with van der Waals surface area (Å²) in [5, 5.41) is 24.8. The second-order valence-electron chi connectivity index (χ2n) is 11.7. The van der Waals surface area contributed by atoms with E-state index in [1.807, 2.05) is 11.0 Å². The lowest BCUT2D eigenvalue weighted by molar-refractivity contribution is 0.0397. The van der Waals surface area contributed by atoms with Crippen molar-refractivity contribution in [3.05, 3.63) is 18.5 Å². The number of nitrogens with zero attached hydrogens (tertiary/aromatic N) is 6. The van der Waals surface area contributed by atoms with Crippen LogP contribution in [0.25, 0.3) is 22.3 Å². The van der Waals surface area contributed by atoms with Crippen LogP contribution in [0.2, 0.25) is 0 Å². The molecule has 4 fully saturated rings. The molecule has 3 aromatic rings. The topological polar surface area (TPSA) is 115 Å². The molecule has 2 aliphatic heterocycles. The quantitative estimate of drug-likeness (QED) is 0.450. The van der Waals surface area contributed by atoms with Gasteiger partial charge in [-0.1, -0.05) is 0 Å². The molecule has 2 aliphatic carbocycles. The number of aliphatic hydroxyl groups is 1. The number of aromatic nitrogens is 5. The normalized spacial score (nSPS) is 22.8. The molecule has 0 bridgehead atoms. The zero-order chi connectivity index (χ0) is 26.1. The zero-order valence-corrected chi connectivity index (χ0v) is 21.2. The molecule has 5 heterocycles. The van der Waals surface area contributed by atoms with E-state index in [2.05, 4.69) is 25.6 Å². The summed E-state index contributed by atoms with van der Waals surface area (Å²) in [4.78, 5) is 21.5. The number of pyridine rings is 1. The first kappa shape index (κ1) is 23.8. The summed E-state index contributed by atoms with van der Waals surface area (Å²) >= 11 is 0. The molecule has 2 amide bonds. The van der Waals surface area contributed by atoms with Crippen molar-refractivity contribution in [2.45, 2.75) is 74.8 Å². The maximum atomic E-state index is 15.2. The van der Waals surface area contributed by atoms with E-state index in [9.17, 15) is 14.3 Å². The maximum Gasteiger partial charge on any atom is 0.322 e. The summed E-state index contributed by atoms with van der Waals surface area (Å²) in [7, 11) is 0. The number of H-pyrrole nitrogens is 1. The number of hydrogen-bond donors (Lipinski definition) is 3. The molecule has 202 valence electrons. The Hall–Kier alpha value is -3.28. The van der Waals surface area contributed by atoms with Crippen LogP contribution in [0, 0.1) is 0 Å². The number of carbonyl (C=O) groups excluding carboxylic acids is 1. The zero-order valence-electron chi connectivity index (χ0n) is 21.2. The van der Waals surface area contributed by atoms with Gasteiger partial charge in [0.05, 0.1) is 54.7 Å². The van der Waals surface area contributed by atoms with E-state index >= 15 is 4.39 Å². The number of alkyl halides is 2. The Bertz CT molecular complexity index is 1390. The predicted molar refractivity (Wildman–Crippen MR) is 137 cm³/mol. The van der Waals surface area contributed by atoms with Gasteiger partial charge in [0.1, 0.15) is 11.4 Å². The van der Waals surface area contributed by atoms with Crippen molar-refractivity contribution < 1.29 is 18.7 Å². The van der Waals surface area contributed by atoms with Gasteiger partial charge in [-0.25, -0.2) is 13.6 Å². The highest BCUT2D eigenvalue weighted by Crippen LogP contribution is 2.48. The molecular weight excluding hydrogens is 494 g/mol. The van der Waals surface area contributed by atoms with Crippen LogP contribution < -0.4 is 10.2 Å². The Labute approximate surface area is 218 Å². The van der Waals surface area contributed by atoms with E-state index in [-0.39, 0.29) is 31.2 Å². The van der Waals surface area contributed by atoms with Crippen LogP contribution >= 0.6 is 0 Å². The number of piperidine rings is 1. The Kier molecular flexibility index (Phi) is 5.24. The molecule has 4 aliphatic rings. The largest absolute Gasteiger partial charge is 0.393 e. The third-order valence-electron chi connectivity index (χ3n) is 8.89. The van der Waals surface area contributed by atoms with Crippen molar-refractivity contribution in [2.75, 3.05) is 36.5 Å². The van der Waals surface area contributed by atoms with Crippen LogP contribution in [-0.4, -0.2) is 84.1 Å². The lowest BCUT2D eigenvalue weighted by atomic mass is 9.82. The molecule has 7 rings (SSSR count). The second kappa shape index (κ2) is 8.36. The molecule has 2 saturated carbocycles. The number of amides is 2. The van der Waals surface area contributed by atoms with Crippen molar-refractivity contribution >= 4 is 28.4 Å². The van der Waals surface area contributed by atoms with Gasteiger partial charge in [-0.05, 0) is 57.4 Å². The molecular formula is C26H32F2N8O2. The monoisotopic (exact) mass is 526 g/mol. The number of aliphatic hydroxyl groups excluding tert-OH is 1. The number of nitrogens with one attached hydrogen (secondary N) is 2. The minimum Gasteiger partial charge on any atom is -0.393 e. The summed E-state index contributed by atoms with van der Waals surface area (Å²) in [6.07, 6.45) is 10.4. The van der Waals surface area contributed by atoms with Gasteiger partial charge < -0.3 is 20.2 Å². The van der Waals surface area contributed by atoms with E-state index in [0.717, 1.165) is 45.1 Å². The third kappa shape index (κ3) is 3.83. The highest BCUT2D eigenvalue weighted by atomic mass is 19.1. The molecule has 1 spiro atoms. The van der Waals surface area contributed by atoms with Crippen LogP contribution in [-0.2, 0) is 6.54 Å². The first-order chi connectivity index (χ1) is 18.3. The van der Waals surface area contributed by atoms with Crippen LogP contribution in [0.5, 0.6) is 0 Å². The van der Waals surface area contributed by atoms with Gasteiger partial charge in [-0.2, -0.15) is 10.2 Å². The SMILES string of the molecule is O=C(Nc1cn[nH]c1-c1cc2c(cn1)c(N1CC(F)(CO)C1)nn2CC1(F)CCC1)N1CCCCC12CC2. The van der Waals surface area contributed by atoms with Crippen LogP contribution in [0.15, 0.2) is 18.5 Å². The van der Waals surface area contributed by atoms with Crippen molar-refractivity contribution in [1.29, 1.82) is 0 Å². The van der Waals surface area contributed by atoms with Crippen molar-refractivity contribution in [3.8, 4) is 11.4 Å².